The maximum Gasteiger partial charge on any atom is 0.335 e. The molecule has 1 heterocycles. The third-order valence-corrected chi connectivity index (χ3v) is 5.94. The lowest BCUT2D eigenvalue weighted by atomic mass is 9.70. The molecular formula is C24H26N4O2. The molecule has 2 atom stereocenters. The van der Waals surface area contributed by atoms with Gasteiger partial charge in [0.05, 0.1) is 28.2 Å². The minimum Gasteiger partial charge on any atom is -0.478 e. The van der Waals surface area contributed by atoms with Crippen LogP contribution in [0.25, 0.3) is 11.0 Å². The third kappa shape index (κ3) is 3.88. The van der Waals surface area contributed by atoms with Gasteiger partial charge in [-0.3, -0.25) is 0 Å². The number of nitrogens with one attached hydrogen (secondary N) is 1. The Bertz CT molecular complexity index is 1140. The van der Waals surface area contributed by atoms with Crippen molar-refractivity contribution < 1.29 is 9.90 Å². The fraction of sp³-hybridized carbons (Fsp3) is 0.375. The van der Waals surface area contributed by atoms with Crippen molar-refractivity contribution in [1.82, 2.24) is 9.55 Å². The number of hydrogen-bond acceptors (Lipinski definition) is 4. The van der Waals surface area contributed by atoms with Crippen molar-refractivity contribution in [2.45, 2.75) is 46.1 Å². The summed E-state index contributed by atoms with van der Waals surface area (Å²) in [6.45, 7) is 6.92. The van der Waals surface area contributed by atoms with Crippen molar-refractivity contribution in [3.8, 4) is 6.07 Å². The number of nitriles is 1. The van der Waals surface area contributed by atoms with Gasteiger partial charge in [0.2, 0.25) is 5.95 Å². The van der Waals surface area contributed by atoms with E-state index in [1.807, 2.05) is 18.2 Å². The number of hydrogen-bond donors (Lipinski definition) is 2. The molecule has 0 aliphatic heterocycles. The Morgan fingerprint density at radius 2 is 1.97 bits per heavy atom. The Hall–Kier alpha value is -3.33. The first-order valence-electron chi connectivity index (χ1n) is 10.3. The summed E-state index contributed by atoms with van der Waals surface area (Å²) in [5.41, 5.74) is 3.50. The molecule has 0 amide bonds. The van der Waals surface area contributed by atoms with E-state index in [1.165, 1.54) is 6.42 Å². The number of carbonyl (C=O) groups is 1. The molecule has 1 aromatic heterocycles. The van der Waals surface area contributed by atoms with Crippen LogP contribution in [0.2, 0.25) is 0 Å². The summed E-state index contributed by atoms with van der Waals surface area (Å²) in [7, 11) is 0. The van der Waals surface area contributed by atoms with Gasteiger partial charge < -0.3 is 15.0 Å². The van der Waals surface area contributed by atoms with Crippen LogP contribution in [0.4, 0.5) is 11.6 Å². The van der Waals surface area contributed by atoms with E-state index in [-0.39, 0.29) is 17.0 Å². The lowest BCUT2D eigenvalue weighted by Gasteiger charge is -2.40. The third-order valence-electron chi connectivity index (χ3n) is 5.94. The second kappa shape index (κ2) is 7.49. The van der Waals surface area contributed by atoms with Crippen LogP contribution in [0.15, 0.2) is 42.5 Å². The smallest absolute Gasteiger partial charge is 0.335 e. The summed E-state index contributed by atoms with van der Waals surface area (Å²) in [5.74, 6) is 0.338. The van der Waals surface area contributed by atoms with E-state index in [2.05, 4.69) is 36.7 Å². The standard InChI is InChI=1S/C24H26N4O2/c1-15-10-19(13-24(2,3)12-15)28-21-9-6-17(22(29)30)11-20(21)27-23(28)26-18-7-4-16(14-25)5-8-18/h4-9,11,15,19H,10,12-13H2,1-3H3,(H,26,27)(H,29,30). The topological polar surface area (TPSA) is 90.9 Å². The number of carboxylic acids is 1. The van der Waals surface area contributed by atoms with Crippen LogP contribution in [0.1, 0.15) is 62.0 Å². The molecule has 6 nitrogen and oxygen atoms in total. The molecule has 0 saturated heterocycles. The maximum atomic E-state index is 11.4. The molecule has 1 aliphatic carbocycles. The predicted molar refractivity (Wildman–Crippen MR) is 117 cm³/mol. The SMILES string of the molecule is CC1CC(n2c(Nc3ccc(C#N)cc3)nc3cc(C(=O)O)ccc32)CC(C)(C)C1. The highest BCUT2D eigenvalue weighted by Gasteiger charge is 2.34. The Kier molecular flexibility index (Phi) is 4.98. The van der Waals surface area contributed by atoms with E-state index in [0.717, 1.165) is 24.0 Å². The molecule has 1 fully saturated rings. The zero-order valence-electron chi connectivity index (χ0n) is 17.5. The molecule has 2 aromatic carbocycles. The van der Waals surface area contributed by atoms with E-state index >= 15 is 0 Å². The van der Waals surface area contributed by atoms with Crippen LogP contribution in [0, 0.1) is 22.7 Å². The first kappa shape index (κ1) is 20.0. The van der Waals surface area contributed by atoms with Gasteiger partial charge in [-0.05, 0) is 73.1 Å². The first-order chi connectivity index (χ1) is 14.3. The molecule has 3 aromatic rings. The Labute approximate surface area is 176 Å². The lowest BCUT2D eigenvalue weighted by Crippen LogP contribution is -2.29. The Morgan fingerprint density at radius 3 is 2.60 bits per heavy atom. The molecule has 0 bridgehead atoms. The summed E-state index contributed by atoms with van der Waals surface area (Å²) in [5, 5.41) is 21.8. The summed E-state index contributed by atoms with van der Waals surface area (Å²) in [6.07, 6.45) is 3.28. The summed E-state index contributed by atoms with van der Waals surface area (Å²) >= 11 is 0. The van der Waals surface area contributed by atoms with Crippen molar-refractivity contribution in [2.24, 2.45) is 11.3 Å². The van der Waals surface area contributed by atoms with Crippen molar-refractivity contribution >= 4 is 28.6 Å². The zero-order valence-corrected chi connectivity index (χ0v) is 17.5. The molecule has 2 N–H and O–H groups in total. The van der Waals surface area contributed by atoms with Crippen LogP contribution >= 0.6 is 0 Å². The highest BCUT2D eigenvalue weighted by atomic mass is 16.4. The van der Waals surface area contributed by atoms with Gasteiger partial charge in [-0.25, -0.2) is 9.78 Å². The molecule has 2 unspecified atom stereocenters. The predicted octanol–water partition coefficient (Wildman–Crippen LogP) is 5.74. The molecule has 30 heavy (non-hydrogen) atoms. The van der Waals surface area contributed by atoms with E-state index in [1.54, 1.807) is 24.3 Å². The molecular weight excluding hydrogens is 376 g/mol. The molecule has 1 saturated carbocycles. The number of benzene rings is 2. The number of carboxylic acid groups (broad SMARTS) is 1. The maximum absolute atomic E-state index is 11.4. The number of aromatic nitrogens is 2. The van der Waals surface area contributed by atoms with Crippen LogP contribution in [0.3, 0.4) is 0 Å². The quantitative estimate of drug-likeness (QED) is 0.581. The zero-order chi connectivity index (χ0) is 21.5. The van der Waals surface area contributed by atoms with Crippen molar-refractivity contribution in [3.05, 3.63) is 53.6 Å². The molecule has 6 heteroatoms. The van der Waals surface area contributed by atoms with Crippen molar-refractivity contribution in [1.29, 1.82) is 5.26 Å². The van der Waals surface area contributed by atoms with Gasteiger partial charge in [0, 0.05) is 11.7 Å². The van der Waals surface area contributed by atoms with Crippen LogP contribution in [0.5, 0.6) is 0 Å². The molecule has 1 aliphatic rings. The number of nitrogens with zero attached hydrogens (tertiary/aromatic N) is 3. The first-order valence-corrected chi connectivity index (χ1v) is 10.3. The summed E-state index contributed by atoms with van der Waals surface area (Å²) in [4.78, 5) is 16.2. The van der Waals surface area contributed by atoms with Crippen molar-refractivity contribution in [3.63, 3.8) is 0 Å². The van der Waals surface area contributed by atoms with Crippen LogP contribution in [-0.2, 0) is 0 Å². The van der Waals surface area contributed by atoms with Gasteiger partial charge >= 0.3 is 5.97 Å². The van der Waals surface area contributed by atoms with Gasteiger partial charge in [-0.2, -0.15) is 5.26 Å². The van der Waals surface area contributed by atoms with E-state index in [4.69, 9.17) is 10.2 Å². The Balaban J connectivity index is 1.81. The van der Waals surface area contributed by atoms with Gasteiger partial charge in [0.15, 0.2) is 0 Å². The fourth-order valence-corrected chi connectivity index (χ4v) is 4.94. The minimum atomic E-state index is -0.958. The average Bonchev–Trinajstić information content (AvgIpc) is 3.04. The number of aromatic carboxylic acids is 1. The molecule has 4 rings (SSSR count). The minimum absolute atomic E-state index is 0.228. The highest BCUT2D eigenvalue weighted by molar-refractivity contribution is 5.93. The molecule has 0 radical (unpaired) electrons. The normalized spacial score (nSPS) is 20.6. The van der Waals surface area contributed by atoms with Gasteiger partial charge in [-0.1, -0.05) is 20.8 Å². The van der Waals surface area contributed by atoms with Crippen molar-refractivity contribution in [2.75, 3.05) is 5.32 Å². The number of anilines is 2. The number of rotatable bonds is 4. The van der Waals surface area contributed by atoms with Gasteiger partial charge in [0.1, 0.15) is 0 Å². The Morgan fingerprint density at radius 1 is 1.23 bits per heavy atom. The largest absolute Gasteiger partial charge is 0.478 e. The van der Waals surface area contributed by atoms with Gasteiger partial charge in [0.25, 0.3) is 0 Å². The summed E-state index contributed by atoms with van der Waals surface area (Å²) in [6, 6.07) is 14.8. The fourth-order valence-electron chi connectivity index (χ4n) is 4.94. The molecule has 0 spiro atoms. The van der Waals surface area contributed by atoms with Gasteiger partial charge in [-0.15, -0.1) is 0 Å². The second-order valence-electron chi connectivity index (χ2n) is 9.20. The molecule has 154 valence electrons. The lowest BCUT2D eigenvalue weighted by molar-refractivity contribution is 0.0697. The van der Waals surface area contributed by atoms with Crippen LogP contribution < -0.4 is 5.32 Å². The van der Waals surface area contributed by atoms with Crippen LogP contribution in [-0.4, -0.2) is 20.6 Å². The van der Waals surface area contributed by atoms with E-state index in [0.29, 0.717) is 22.9 Å². The number of imidazole rings is 1. The van der Waals surface area contributed by atoms with E-state index in [9.17, 15) is 9.90 Å². The monoisotopic (exact) mass is 402 g/mol. The number of fused-ring (bicyclic) bond motifs is 1. The average molecular weight is 402 g/mol. The van der Waals surface area contributed by atoms with E-state index < -0.39 is 5.97 Å². The highest BCUT2D eigenvalue weighted by Crippen LogP contribution is 2.46. The second-order valence-corrected chi connectivity index (χ2v) is 9.20. The summed E-state index contributed by atoms with van der Waals surface area (Å²) < 4.78 is 2.23.